The Labute approximate surface area is 275 Å². The second-order valence-electron chi connectivity index (χ2n) is 12.9. The Morgan fingerprint density at radius 2 is 1.92 bits per heavy atom. The number of rotatable bonds is 10. The number of nitrogen functional groups attached to an aromatic ring is 1. The number of ether oxygens (including phenoxy) is 4. The molecule has 2 fully saturated rings. The van der Waals surface area contributed by atoms with Crippen LogP contribution < -0.4 is 15.3 Å². The maximum atomic E-state index is 14.7. The highest BCUT2D eigenvalue weighted by molar-refractivity contribution is 7.52. The van der Waals surface area contributed by atoms with Crippen LogP contribution in [0.4, 0.5) is 5.82 Å². The summed E-state index contributed by atoms with van der Waals surface area (Å²) in [6.45, 7) is 9.32. The predicted molar refractivity (Wildman–Crippen MR) is 172 cm³/mol. The lowest BCUT2D eigenvalue weighted by Crippen LogP contribution is -2.46. The van der Waals surface area contributed by atoms with E-state index >= 15 is 0 Å². The highest BCUT2D eigenvalue weighted by Crippen LogP contribution is 2.53. The molecule has 1 unspecified atom stereocenters. The normalized spacial score (nSPS) is 25.2. The van der Waals surface area contributed by atoms with Crippen molar-refractivity contribution in [3.8, 4) is 5.75 Å². The van der Waals surface area contributed by atoms with Gasteiger partial charge < -0.3 is 29.2 Å². The Balaban J connectivity index is 1.37. The van der Waals surface area contributed by atoms with Gasteiger partial charge in [-0.15, -0.1) is 0 Å². The second kappa shape index (κ2) is 12.3. The molecule has 0 bridgehead atoms. The zero-order chi connectivity index (χ0) is 34.5. The zero-order valence-corrected chi connectivity index (χ0v) is 28.0. The molecule has 17 nitrogen and oxygen atoms in total. The van der Waals surface area contributed by atoms with Crippen LogP contribution in [0.5, 0.6) is 5.75 Å². The molecular formula is C30H36N9O8P. The van der Waals surface area contributed by atoms with Crippen molar-refractivity contribution >= 4 is 41.5 Å². The van der Waals surface area contributed by atoms with Crippen molar-refractivity contribution in [2.75, 3.05) is 12.3 Å². The fourth-order valence-corrected chi connectivity index (χ4v) is 7.15. The number of nitrogens with zero attached hydrogens (tertiary/aromatic N) is 7. The Morgan fingerprint density at radius 3 is 2.67 bits per heavy atom. The molecule has 6 rings (SSSR count). The Bertz CT molecular complexity index is 1950. The summed E-state index contributed by atoms with van der Waals surface area (Å²) < 4.78 is 52.7. The van der Waals surface area contributed by atoms with Crippen molar-refractivity contribution in [3.05, 3.63) is 65.6 Å². The minimum atomic E-state index is -4.50. The molecule has 2 aliphatic rings. The summed E-state index contributed by atoms with van der Waals surface area (Å²) in [5.41, 5.74) is 13.7. The molecule has 0 aliphatic carbocycles. The molecule has 0 amide bonds. The van der Waals surface area contributed by atoms with Gasteiger partial charge in [-0.05, 0) is 58.5 Å². The van der Waals surface area contributed by atoms with E-state index in [0.29, 0.717) is 16.6 Å². The molecule has 2 aromatic heterocycles. The van der Waals surface area contributed by atoms with E-state index in [1.807, 2.05) is 18.2 Å². The second-order valence-corrected chi connectivity index (χ2v) is 14.6. The monoisotopic (exact) mass is 681 g/mol. The van der Waals surface area contributed by atoms with Gasteiger partial charge in [-0.25, -0.2) is 19.5 Å². The van der Waals surface area contributed by atoms with Gasteiger partial charge in [0.1, 0.15) is 41.4 Å². The molecule has 4 heterocycles. The Kier molecular flexibility index (Phi) is 8.58. The number of nitrogens with one attached hydrogen (secondary N) is 1. The van der Waals surface area contributed by atoms with Crippen LogP contribution in [-0.4, -0.2) is 67.5 Å². The SMILES string of the molecule is C[C@H](NP(=O)(OC[C@@]1(N=[N+]=[N-])O[C@@H](n2cnc3c(N)ncnc32)[C@@H]2OC(C)(C)O[C@@H]21)Oc1cccc2ccccc12)C(=O)OC(C)(C)C. The number of fused-ring (bicyclic) bond motifs is 3. The Hall–Kier alpha value is -4.34. The van der Waals surface area contributed by atoms with Gasteiger partial charge in [-0.3, -0.25) is 13.9 Å². The van der Waals surface area contributed by atoms with E-state index in [2.05, 4.69) is 30.1 Å². The average Bonchev–Trinajstić information content (AvgIpc) is 3.67. The molecule has 254 valence electrons. The van der Waals surface area contributed by atoms with E-state index < -0.39 is 61.9 Å². The molecule has 0 saturated carbocycles. The van der Waals surface area contributed by atoms with Gasteiger partial charge in [0.15, 0.2) is 23.5 Å². The van der Waals surface area contributed by atoms with Gasteiger partial charge in [0.05, 0.1) is 12.9 Å². The number of nitrogens with two attached hydrogens (primary N) is 1. The first-order chi connectivity index (χ1) is 22.6. The highest BCUT2D eigenvalue weighted by Gasteiger charge is 2.64. The number of anilines is 1. The molecule has 2 saturated heterocycles. The van der Waals surface area contributed by atoms with Gasteiger partial charge in [-0.1, -0.05) is 41.5 Å². The van der Waals surface area contributed by atoms with Crippen LogP contribution in [0.15, 0.2) is 60.2 Å². The third-order valence-electron chi connectivity index (χ3n) is 7.58. The number of carbonyl (C=O) groups is 1. The molecule has 48 heavy (non-hydrogen) atoms. The van der Waals surface area contributed by atoms with Crippen LogP contribution in [-0.2, 0) is 32.8 Å². The molecule has 3 N–H and O–H groups in total. The van der Waals surface area contributed by atoms with Crippen molar-refractivity contribution in [1.29, 1.82) is 0 Å². The number of azide groups is 1. The molecular weight excluding hydrogens is 645 g/mol. The van der Waals surface area contributed by atoms with E-state index in [1.54, 1.807) is 63.5 Å². The summed E-state index contributed by atoms with van der Waals surface area (Å²) in [6.07, 6.45) is -0.246. The van der Waals surface area contributed by atoms with Crippen LogP contribution in [0, 0.1) is 0 Å². The summed E-state index contributed by atoms with van der Waals surface area (Å²) >= 11 is 0. The standard InChI is InChI=1S/C30H36N9O8P/c1-17(27(40)46-28(2,3)4)36-48(41,47-20-13-9-11-18-10-7-8-12-19(18)20)42-14-30(37-38-32)23-22(43-29(5,6)44-23)26(45-30)39-16-35-21-24(31)33-15-34-25(21)39/h7-13,15-17,22-23,26H,14H2,1-6H3,(H,36,41)(H2,31,33,34)/t17-,22+,23-,26+,30+,48?/m0/s1. The fourth-order valence-electron chi connectivity index (χ4n) is 5.61. The van der Waals surface area contributed by atoms with E-state index in [-0.39, 0.29) is 11.6 Å². The summed E-state index contributed by atoms with van der Waals surface area (Å²) in [6, 6.07) is 11.4. The molecule has 0 radical (unpaired) electrons. The fraction of sp³-hybridized carbons (Fsp3) is 0.467. The van der Waals surface area contributed by atoms with Crippen molar-refractivity contribution in [3.63, 3.8) is 0 Å². The van der Waals surface area contributed by atoms with E-state index in [9.17, 15) is 14.9 Å². The molecule has 6 atom stereocenters. The third-order valence-corrected chi connectivity index (χ3v) is 9.19. The van der Waals surface area contributed by atoms with Crippen LogP contribution >= 0.6 is 7.75 Å². The van der Waals surface area contributed by atoms with Crippen molar-refractivity contribution in [1.82, 2.24) is 24.6 Å². The molecule has 18 heteroatoms. The summed E-state index contributed by atoms with van der Waals surface area (Å²) in [5, 5.41) is 8.12. The van der Waals surface area contributed by atoms with Crippen LogP contribution in [0.2, 0.25) is 0 Å². The largest absolute Gasteiger partial charge is 0.459 e. The first-order valence-electron chi connectivity index (χ1n) is 15.1. The van der Waals surface area contributed by atoms with E-state index in [0.717, 1.165) is 5.39 Å². The summed E-state index contributed by atoms with van der Waals surface area (Å²) in [7, 11) is -4.50. The number of imidazole rings is 1. The smallest absolute Gasteiger partial charge is 0.459 e. The number of carbonyl (C=O) groups excluding carboxylic acids is 1. The van der Waals surface area contributed by atoms with Crippen LogP contribution in [0.1, 0.15) is 47.8 Å². The predicted octanol–water partition coefficient (Wildman–Crippen LogP) is 5.14. The topological polar surface area (TPSA) is 220 Å². The number of benzene rings is 2. The van der Waals surface area contributed by atoms with E-state index in [4.69, 9.17) is 33.7 Å². The highest BCUT2D eigenvalue weighted by atomic mass is 31.2. The third kappa shape index (κ3) is 6.54. The van der Waals surface area contributed by atoms with Gasteiger partial charge in [0.25, 0.3) is 0 Å². The number of hydrogen-bond donors (Lipinski definition) is 2. The maximum absolute atomic E-state index is 14.7. The van der Waals surface area contributed by atoms with Gasteiger partial charge in [0.2, 0.25) is 5.72 Å². The van der Waals surface area contributed by atoms with Crippen molar-refractivity contribution in [2.45, 2.75) is 83.1 Å². The van der Waals surface area contributed by atoms with Crippen LogP contribution in [0.3, 0.4) is 0 Å². The lowest BCUT2D eigenvalue weighted by molar-refractivity contribution is -0.223. The minimum absolute atomic E-state index is 0.151. The molecule has 2 aliphatic heterocycles. The first-order valence-corrected chi connectivity index (χ1v) is 16.6. The Morgan fingerprint density at radius 1 is 1.17 bits per heavy atom. The summed E-state index contributed by atoms with van der Waals surface area (Å²) in [4.78, 5) is 28.6. The number of hydrogen-bond acceptors (Lipinski definition) is 13. The molecule has 0 spiro atoms. The zero-order valence-electron chi connectivity index (χ0n) is 27.1. The first kappa shape index (κ1) is 33.6. The van der Waals surface area contributed by atoms with Gasteiger partial charge in [0, 0.05) is 10.3 Å². The summed E-state index contributed by atoms with van der Waals surface area (Å²) in [5.74, 6) is -1.48. The molecule has 4 aromatic rings. The number of aromatic nitrogens is 4. The van der Waals surface area contributed by atoms with Crippen LogP contribution in [0.25, 0.3) is 32.4 Å². The maximum Gasteiger partial charge on any atom is 0.459 e. The molecule has 2 aromatic carbocycles. The number of esters is 1. The van der Waals surface area contributed by atoms with Crippen molar-refractivity contribution in [2.24, 2.45) is 5.11 Å². The van der Waals surface area contributed by atoms with Crippen molar-refractivity contribution < 1.29 is 37.4 Å². The van der Waals surface area contributed by atoms with E-state index in [1.165, 1.54) is 19.6 Å². The van der Waals surface area contributed by atoms with Gasteiger partial charge >= 0.3 is 13.7 Å². The average molecular weight is 682 g/mol. The quantitative estimate of drug-likeness (QED) is 0.0729. The minimum Gasteiger partial charge on any atom is -0.459 e. The lowest BCUT2D eigenvalue weighted by atomic mass is 10.1. The van der Waals surface area contributed by atoms with Gasteiger partial charge in [-0.2, -0.15) is 5.09 Å². The lowest BCUT2D eigenvalue weighted by Gasteiger charge is -2.32.